The number of amides is 1. The van der Waals surface area contributed by atoms with Gasteiger partial charge in [0.25, 0.3) is 0 Å². The monoisotopic (exact) mass is 299 g/mol. The highest BCUT2D eigenvalue weighted by molar-refractivity contribution is 5.79. The number of H-pyrrole nitrogens is 1. The van der Waals surface area contributed by atoms with E-state index in [9.17, 15) is 4.79 Å². The van der Waals surface area contributed by atoms with Crippen LogP contribution < -0.4 is 10.1 Å². The van der Waals surface area contributed by atoms with Crippen LogP contribution in [0.1, 0.15) is 29.2 Å². The highest BCUT2D eigenvalue weighted by Crippen LogP contribution is 2.24. The normalized spacial score (nSPS) is 16.9. The van der Waals surface area contributed by atoms with Crippen molar-refractivity contribution in [3.05, 3.63) is 47.0 Å². The van der Waals surface area contributed by atoms with E-state index in [0.717, 1.165) is 47.8 Å². The van der Waals surface area contributed by atoms with Crippen LogP contribution in [0.15, 0.2) is 24.3 Å². The van der Waals surface area contributed by atoms with E-state index in [-0.39, 0.29) is 11.8 Å². The van der Waals surface area contributed by atoms with Crippen LogP contribution >= 0.6 is 0 Å². The van der Waals surface area contributed by atoms with Crippen molar-refractivity contribution >= 4 is 5.91 Å². The minimum atomic E-state index is 0.0259. The van der Waals surface area contributed by atoms with Gasteiger partial charge in [0.15, 0.2) is 0 Å². The van der Waals surface area contributed by atoms with Gasteiger partial charge in [-0.2, -0.15) is 0 Å². The zero-order valence-corrected chi connectivity index (χ0v) is 13.0. The summed E-state index contributed by atoms with van der Waals surface area (Å²) in [7, 11) is 1.64. The predicted octanol–water partition coefficient (Wildman–Crippen LogP) is 2.15. The quantitative estimate of drug-likeness (QED) is 0.909. The molecular weight excluding hydrogens is 278 g/mol. The Bertz CT molecular complexity index is 678. The lowest BCUT2D eigenvalue weighted by molar-refractivity contribution is -0.125. The van der Waals surface area contributed by atoms with Gasteiger partial charge in [0.2, 0.25) is 5.91 Å². The van der Waals surface area contributed by atoms with Crippen molar-refractivity contribution in [3.63, 3.8) is 0 Å². The molecule has 0 saturated heterocycles. The number of benzene rings is 1. The molecule has 0 fully saturated rings. The van der Waals surface area contributed by atoms with Gasteiger partial charge in [0.05, 0.1) is 12.8 Å². The topological polar surface area (TPSA) is 67.0 Å². The van der Waals surface area contributed by atoms with Crippen LogP contribution in [0.25, 0.3) is 0 Å². The van der Waals surface area contributed by atoms with Gasteiger partial charge in [0, 0.05) is 24.6 Å². The second kappa shape index (κ2) is 6.22. The van der Waals surface area contributed by atoms with E-state index >= 15 is 0 Å². The van der Waals surface area contributed by atoms with Crippen molar-refractivity contribution in [1.29, 1.82) is 0 Å². The molecule has 22 heavy (non-hydrogen) atoms. The summed E-state index contributed by atoms with van der Waals surface area (Å²) >= 11 is 0. The largest absolute Gasteiger partial charge is 0.497 e. The van der Waals surface area contributed by atoms with E-state index in [1.807, 2.05) is 31.2 Å². The number of aryl methyl sites for hydroxylation is 2. The van der Waals surface area contributed by atoms with Crippen molar-refractivity contribution in [2.24, 2.45) is 5.92 Å². The number of carbonyl (C=O) groups is 1. The van der Waals surface area contributed by atoms with Crippen molar-refractivity contribution in [2.45, 2.75) is 32.7 Å². The Kier molecular flexibility index (Phi) is 4.13. The maximum absolute atomic E-state index is 12.4. The molecule has 2 aromatic rings. The van der Waals surface area contributed by atoms with Gasteiger partial charge < -0.3 is 15.0 Å². The molecule has 0 aliphatic heterocycles. The molecule has 3 rings (SSSR count). The fourth-order valence-corrected chi connectivity index (χ4v) is 2.96. The summed E-state index contributed by atoms with van der Waals surface area (Å²) in [6.45, 7) is 2.48. The van der Waals surface area contributed by atoms with Crippen LogP contribution in [-0.2, 0) is 24.2 Å². The van der Waals surface area contributed by atoms with E-state index in [0.29, 0.717) is 6.54 Å². The zero-order chi connectivity index (χ0) is 15.5. The van der Waals surface area contributed by atoms with Crippen LogP contribution in [0.2, 0.25) is 0 Å². The smallest absolute Gasteiger partial charge is 0.223 e. The summed E-state index contributed by atoms with van der Waals surface area (Å²) in [5.41, 5.74) is 3.28. The van der Waals surface area contributed by atoms with Crippen molar-refractivity contribution in [3.8, 4) is 5.75 Å². The lowest BCUT2D eigenvalue weighted by Gasteiger charge is -2.20. The molecule has 0 bridgehead atoms. The predicted molar refractivity (Wildman–Crippen MR) is 83.7 cm³/mol. The van der Waals surface area contributed by atoms with E-state index in [1.165, 1.54) is 0 Å². The fourth-order valence-electron chi connectivity index (χ4n) is 2.96. The van der Waals surface area contributed by atoms with Crippen LogP contribution in [-0.4, -0.2) is 23.0 Å². The number of aromatic amines is 1. The number of nitrogens with zero attached hydrogens (tertiary/aromatic N) is 1. The summed E-state index contributed by atoms with van der Waals surface area (Å²) < 4.78 is 5.20. The average molecular weight is 299 g/mol. The molecular formula is C17H21N3O2. The lowest BCUT2D eigenvalue weighted by Crippen LogP contribution is -2.33. The van der Waals surface area contributed by atoms with Crippen molar-refractivity contribution in [2.75, 3.05) is 7.11 Å². The highest BCUT2D eigenvalue weighted by Gasteiger charge is 2.26. The SMILES string of the molecule is COc1cccc(CNC(=O)C2CCc3nc(C)[nH]c3C2)c1. The number of fused-ring (bicyclic) bond motifs is 1. The Morgan fingerprint density at radius 1 is 1.50 bits per heavy atom. The second-order valence-corrected chi connectivity index (χ2v) is 5.76. The van der Waals surface area contributed by atoms with E-state index in [4.69, 9.17) is 4.74 Å². The highest BCUT2D eigenvalue weighted by atomic mass is 16.5. The zero-order valence-electron chi connectivity index (χ0n) is 13.0. The average Bonchev–Trinajstić information content (AvgIpc) is 2.91. The third-order valence-electron chi connectivity index (χ3n) is 4.13. The molecule has 0 radical (unpaired) electrons. The van der Waals surface area contributed by atoms with Gasteiger partial charge in [-0.1, -0.05) is 12.1 Å². The Labute approximate surface area is 130 Å². The lowest BCUT2D eigenvalue weighted by atomic mass is 9.89. The molecule has 2 N–H and O–H groups in total. The number of methoxy groups -OCH3 is 1. The second-order valence-electron chi connectivity index (χ2n) is 5.76. The minimum Gasteiger partial charge on any atom is -0.497 e. The van der Waals surface area contributed by atoms with Crippen LogP contribution in [0, 0.1) is 12.8 Å². The molecule has 1 aliphatic carbocycles. The van der Waals surface area contributed by atoms with Crippen LogP contribution in [0.5, 0.6) is 5.75 Å². The summed E-state index contributed by atoms with van der Waals surface area (Å²) in [6, 6.07) is 7.76. The molecule has 1 aromatic heterocycles. The van der Waals surface area contributed by atoms with E-state index in [2.05, 4.69) is 15.3 Å². The first kappa shape index (κ1) is 14.6. The van der Waals surface area contributed by atoms with Gasteiger partial charge in [-0.05, 0) is 37.5 Å². The van der Waals surface area contributed by atoms with Crippen LogP contribution in [0.4, 0.5) is 0 Å². The minimum absolute atomic E-state index is 0.0259. The molecule has 1 heterocycles. The number of rotatable bonds is 4. The van der Waals surface area contributed by atoms with Gasteiger partial charge in [0.1, 0.15) is 11.6 Å². The first-order valence-electron chi connectivity index (χ1n) is 7.60. The molecule has 1 unspecified atom stereocenters. The molecule has 1 aromatic carbocycles. The molecule has 5 nitrogen and oxygen atoms in total. The number of hydrogen-bond donors (Lipinski definition) is 2. The Morgan fingerprint density at radius 3 is 3.18 bits per heavy atom. The fraction of sp³-hybridized carbons (Fsp3) is 0.412. The third-order valence-corrected chi connectivity index (χ3v) is 4.13. The molecule has 0 saturated carbocycles. The number of hydrogen-bond acceptors (Lipinski definition) is 3. The van der Waals surface area contributed by atoms with Crippen LogP contribution in [0.3, 0.4) is 0 Å². The Balaban J connectivity index is 1.58. The first-order chi connectivity index (χ1) is 10.7. The number of aromatic nitrogens is 2. The number of carbonyl (C=O) groups excluding carboxylic acids is 1. The van der Waals surface area contributed by atoms with E-state index in [1.54, 1.807) is 7.11 Å². The van der Waals surface area contributed by atoms with Gasteiger partial charge in [-0.25, -0.2) is 4.98 Å². The molecule has 1 amide bonds. The maximum Gasteiger partial charge on any atom is 0.223 e. The van der Waals surface area contributed by atoms with E-state index < -0.39 is 0 Å². The summed E-state index contributed by atoms with van der Waals surface area (Å²) in [5.74, 6) is 1.88. The maximum atomic E-state index is 12.4. The van der Waals surface area contributed by atoms with Gasteiger partial charge in [-0.3, -0.25) is 4.79 Å². The molecule has 116 valence electrons. The Morgan fingerprint density at radius 2 is 2.36 bits per heavy atom. The number of imidazole rings is 1. The van der Waals surface area contributed by atoms with Gasteiger partial charge in [-0.15, -0.1) is 0 Å². The molecule has 0 spiro atoms. The number of ether oxygens (including phenoxy) is 1. The molecule has 1 aliphatic rings. The number of nitrogens with one attached hydrogen (secondary N) is 2. The van der Waals surface area contributed by atoms with Crippen molar-refractivity contribution in [1.82, 2.24) is 15.3 Å². The first-order valence-corrected chi connectivity index (χ1v) is 7.60. The van der Waals surface area contributed by atoms with Gasteiger partial charge >= 0.3 is 0 Å². The summed E-state index contributed by atoms with van der Waals surface area (Å²) in [5, 5.41) is 3.03. The third kappa shape index (κ3) is 3.13. The summed E-state index contributed by atoms with van der Waals surface area (Å²) in [6.07, 6.45) is 2.48. The molecule has 1 atom stereocenters. The standard InChI is InChI=1S/C17H21N3O2/c1-11-19-15-7-6-13(9-16(15)20-11)17(21)18-10-12-4-3-5-14(8-12)22-2/h3-5,8,13H,6-7,9-10H2,1-2H3,(H,18,21)(H,19,20). The van der Waals surface area contributed by atoms with Crippen molar-refractivity contribution < 1.29 is 9.53 Å². The molecule has 5 heteroatoms. The Hall–Kier alpha value is -2.30. The summed E-state index contributed by atoms with van der Waals surface area (Å²) in [4.78, 5) is 20.1.